The van der Waals surface area contributed by atoms with E-state index < -0.39 is 10.0 Å². The molecule has 2 heterocycles. The Morgan fingerprint density at radius 2 is 2.15 bits per heavy atom. The molecule has 8 heteroatoms. The van der Waals surface area contributed by atoms with Crippen molar-refractivity contribution in [2.45, 2.75) is 23.1 Å². The van der Waals surface area contributed by atoms with Crippen molar-refractivity contribution in [3.8, 4) is 11.3 Å². The minimum atomic E-state index is -3.43. The fourth-order valence-electron chi connectivity index (χ4n) is 1.73. The van der Waals surface area contributed by atoms with Crippen LogP contribution in [0.5, 0.6) is 0 Å². The van der Waals surface area contributed by atoms with Crippen molar-refractivity contribution in [1.29, 1.82) is 0 Å². The van der Waals surface area contributed by atoms with Crippen LogP contribution in [0.1, 0.15) is 12.8 Å². The summed E-state index contributed by atoms with van der Waals surface area (Å²) in [4.78, 5) is 11.3. The van der Waals surface area contributed by atoms with Gasteiger partial charge in [0.1, 0.15) is 4.21 Å². The van der Waals surface area contributed by atoms with E-state index in [-0.39, 0.29) is 15.8 Å². The van der Waals surface area contributed by atoms with E-state index in [1.807, 2.05) is 0 Å². The molecule has 0 aliphatic heterocycles. The van der Waals surface area contributed by atoms with Crippen molar-refractivity contribution in [1.82, 2.24) is 14.5 Å². The summed E-state index contributed by atoms with van der Waals surface area (Å²) in [5, 5.41) is 5.84. The fourth-order valence-corrected chi connectivity index (χ4v) is 4.22. The first-order chi connectivity index (χ1) is 9.45. The van der Waals surface area contributed by atoms with E-state index in [0.717, 1.165) is 24.2 Å². The molecule has 0 amide bonds. The van der Waals surface area contributed by atoms with Gasteiger partial charge < -0.3 is 0 Å². The summed E-state index contributed by atoms with van der Waals surface area (Å²) >= 11 is 1.15. The van der Waals surface area contributed by atoms with E-state index in [1.165, 1.54) is 10.7 Å². The van der Waals surface area contributed by atoms with Crippen molar-refractivity contribution >= 4 is 21.4 Å². The molecule has 20 heavy (non-hydrogen) atoms. The molecule has 1 N–H and O–H groups in total. The van der Waals surface area contributed by atoms with Crippen LogP contribution in [0.15, 0.2) is 32.6 Å². The lowest BCUT2D eigenvalue weighted by molar-refractivity contribution is 0.583. The van der Waals surface area contributed by atoms with Crippen molar-refractivity contribution in [3.05, 3.63) is 33.9 Å². The monoisotopic (exact) mass is 311 g/mol. The highest BCUT2D eigenvalue weighted by Gasteiger charge is 2.28. The minimum absolute atomic E-state index is 0.0845. The molecule has 1 aliphatic carbocycles. The molecule has 1 aliphatic rings. The average molecular weight is 311 g/mol. The Morgan fingerprint density at radius 1 is 1.40 bits per heavy atom. The third-order valence-corrected chi connectivity index (χ3v) is 5.96. The first-order valence-electron chi connectivity index (χ1n) is 6.11. The maximum absolute atomic E-state index is 12.1. The molecular weight excluding hydrogens is 298 g/mol. The van der Waals surface area contributed by atoms with Crippen LogP contribution in [0.2, 0.25) is 0 Å². The van der Waals surface area contributed by atoms with Gasteiger partial charge in [0, 0.05) is 30.1 Å². The van der Waals surface area contributed by atoms with Gasteiger partial charge in [0.25, 0.3) is 5.56 Å². The van der Waals surface area contributed by atoms with Crippen LogP contribution in [0.4, 0.5) is 0 Å². The molecule has 2 aromatic rings. The lowest BCUT2D eigenvalue weighted by atomic mass is 10.2. The van der Waals surface area contributed by atoms with Gasteiger partial charge in [0.15, 0.2) is 0 Å². The van der Waals surface area contributed by atoms with E-state index in [0.29, 0.717) is 11.3 Å². The molecule has 0 radical (unpaired) electrons. The summed E-state index contributed by atoms with van der Waals surface area (Å²) in [6, 6.07) is 4.68. The molecule has 3 rings (SSSR count). The zero-order chi connectivity index (χ0) is 14.3. The van der Waals surface area contributed by atoms with Gasteiger partial charge in [-0.15, -0.1) is 11.3 Å². The van der Waals surface area contributed by atoms with Crippen molar-refractivity contribution in [2.24, 2.45) is 7.05 Å². The number of hydrogen-bond donors (Lipinski definition) is 1. The molecule has 0 bridgehead atoms. The summed E-state index contributed by atoms with van der Waals surface area (Å²) in [7, 11) is -1.87. The molecular formula is C12H13N3O3S2. The van der Waals surface area contributed by atoms with Crippen molar-refractivity contribution in [3.63, 3.8) is 0 Å². The number of aryl methyl sites for hydroxylation is 1. The summed E-state index contributed by atoms with van der Waals surface area (Å²) in [5.41, 5.74) is 1.07. The lowest BCUT2D eigenvalue weighted by Crippen LogP contribution is -2.24. The van der Waals surface area contributed by atoms with E-state index in [1.54, 1.807) is 24.6 Å². The second kappa shape index (κ2) is 4.80. The molecule has 2 aromatic heterocycles. The first-order valence-corrected chi connectivity index (χ1v) is 8.47. The largest absolute Gasteiger partial charge is 0.268 e. The van der Waals surface area contributed by atoms with Gasteiger partial charge in [-0.05, 0) is 25.0 Å². The van der Waals surface area contributed by atoms with Crippen LogP contribution in [0.3, 0.4) is 0 Å². The van der Waals surface area contributed by atoms with Gasteiger partial charge in [-0.2, -0.15) is 5.10 Å². The summed E-state index contributed by atoms with van der Waals surface area (Å²) < 4.78 is 28.3. The summed E-state index contributed by atoms with van der Waals surface area (Å²) in [6.07, 6.45) is 1.81. The van der Waals surface area contributed by atoms with E-state index in [9.17, 15) is 13.2 Å². The van der Waals surface area contributed by atoms with Gasteiger partial charge in [0.05, 0.1) is 5.69 Å². The normalized spacial score (nSPS) is 15.4. The second-order valence-corrected chi connectivity index (χ2v) is 7.58. The Bertz CT molecular complexity index is 803. The Hall–Kier alpha value is -1.51. The molecule has 1 saturated carbocycles. The summed E-state index contributed by atoms with van der Waals surface area (Å²) in [5.74, 6) is 0. The van der Waals surface area contributed by atoms with Crippen LogP contribution in [0, 0.1) is 0 Å². The SMILES string of the molecule is Cn1nc(-c2csc(S(=O)(=O)NC3CC3)c2)ccc1=O. The predicted octanol–water partition coefficient (Wildman–Crippen LogP) is 0.950. The Kier molecular flexibility index (Phi) is 3.23. The Labute approximate surface area is 120 Å². The molecule has 106 valence electrons. The van der Waals surface area contributed by atoms with Crippen LogP contribution < -0.4 is 10.3 Å². The molecule has 0 saturated heterocycles. The maximum atomic E-state index is 12.1. The van der Waals surface area contributed by atoms with Crippen molar-refractivity contribution in [2.75, 3.05) is 0 Å². The Balaban J connectivity index is 1.93. The molecule has 1 fully saturated rings. The van der Waals surface area contributed by atoms with Crippen LogP contribution in [-0.4, -0.2) is 24.2 Å². The average Bonchev–Trinajstić information content (AvgIpc) is 3.05. The van der Waals surface area contributed by atoms with Gasteiger partial charge in [-0.3, -0.25) is 4.79 Å². The minimum Gasteiger partial charge on any atom is -0.268 e. The van der Waals surface area contributed by atoms with Gasteiger partial charge in [-0.1, -0.05) is 0 Å². The zero-order valence-corrected chi connectivity index (χ0v) is 12.4. The van der Waals surface area contributed by atoms with Crippen molar-refractivity contribution < 1.29 is 8.42 Å². The highest BCUT2D eigenvalue weighted by molar-refractivity contribution is 7.91. The molecule has 0 unspecified atom stereocenters. The number of rotatable bonds is 4. The molecule has 0 spiro atoms. The van der Waals surface area contributed by atoms with E-state index >= 15 is 0 Å². The molecule has 6 nitrogen and oxygen atoms in total. The topological polar surface area (TPSA) is 81.1 Å². The number of nitrogens with one attached hydrogen (secondary N) is 1. The first kappa shape index (κ1) is 13.5. The van der Waals surface area contributed by atoms with E-state index in [4.69, 9.17) is 0 Å². The number of thiophene rings is 1. The highest BCUT2D eigenvalue weighted by atomic mass is 32.2. The number of aromatic nitrogens is 2. The number of sulfonamides is 1. The van der Waals surface area contributed by atoms with E-state index in [2.05, 4.69) is 9.82 Å². The number of hydrogen-bond acceptors (Lipinski definition) is 5. The fraction of sp³-hybridized carbons (Fsp3) is 0.333. The third-order valence-electron chi connectivity index (χ3n) is 3.00. The second-order valence-electron chi connectivity index (χ2n) is 4.73. The van der Waals surface area contributed by atoms with Gasteiger partial charge in [0.2, 0.25) is 10.0 Å². The summed E-state index contributed by atoms with van der Waals surface area (Å²) in [6.45, 7) is 0. The lowest BCUT2D eigenvalue weighted by Gasteiger charge is -2.01. The van der Waals surface area contributed by atoms with Gasteiger partial charge >= 0.3 is 0 Å². The third kappa shape index (κ3) is 2.67. The van der Waals surface area contributed by atoms with Crippen LogP contribution >= 0.6 is 11.3 Å². The molecule has 0 aromatic carbocycles. The maximum Gasteiger partial charge on any atom is 0.266 e. The van der Waals surface area contributed by atoms with Crippen LogP contribution in [-0.2, 0) is 17.1 Å². The standard InChI is InChI=1S/C12H13N3O3S2/c1-15-11(16)5-4-10(13-15)8-6-12(19-7-8)20(17,18)14-9-2-3-9/h4-7,9,14H,2-3H2,1H3. The zero-order valence-electron chi connectivity index (χ0n) is 10.7. The predicted molar refractivity (Wildman–Crippen MR) is 76.1 cm³/mol. The highest BCUT2D eigenvalue weighted by Crippen LogP contribution is 2.29. The van der Waals surface area contributed by atoms with Gasteiger partial charge in [-0.25, -0.2) is 17.8 Å². The Morgan fingerprint density at radius 3 is 2.80 bits per heavy atom. The quantitative estimate of drug-likeness (QED) is 0.911. The van der Waals surface area contributed by atoms with Crippen LogP contribution in [0.25, 0.3) is 11.3 Å². The molecule has 0 atom stereocenters. The number of nitrogens with zero attached hydrogens (tertiary/aromatic N) is 2. The smallest absolute Gasteiger partial charge is 0.266 e.